The number of nitrogens with zero attached hydrogens (tertiary/aromatic N) is 3. The van der Waals surface area contributed by atoms with Gasteiger partial charge in [0.25, 0.3) is 5.69 Å². The van der Waals surface area contributed by atoms with Gasteiger partial charge in [0.15, 0.2) is 0 Å². The lowest BCUT2D eigenvalue weighted by atomic mass is 10.0. The zero-order valence-electron chi connectivity index (χ0n) is 17.6. The topological polar surface area (TPSA) is 101 Å². The quantitative estimate of drug-likeness (QED) is 0.198. The summed E-state index contributed by atoms with van der Waals surface area (Å²) in [6.45, 7) is 0. The number of benzene rings is 3. The van der Waals surface area contributed by atoms with Gasteiger partial charge in [-0.25, -0.2) is 4.98 Å². The maximum atomic E-state index is 11.4. The van der Waals surface area contributed by atoms with E-state index in [1.165, 1.54) is 36.8 Å². The molecule has 162 valence electrons. The van der Waals surface area contributed by atoms with Gasteiger partial charge in [-0.3, -0.25) is 10.1 Å². The van der Waals surface area contributed by atoms with Crippen molar-refractivity contribution >= 4 is 28.3 Å². The highest BCUT2D eigenvalue weighted by Gasteiger charge is 2.15. The number of rotatable bonds is 7. The van der Waals surface area contributed by atoms with Gasteiger partial charge >= 0.3 is 0 Å². The lowest BCUT2D eigenvalue weighted by Gasteiger charge is -2.05. The third kappa shape index (κ3) is 4.89. The zero-order valence-corrected chi connectivity index (χ0v) is 18.4. The average molecular weight is 455 g/mol. The number of anilines is 1. The molecule has 1 heterocycles. The van der Waals surface area contributed by atoms with Crippen LogP contribution in [0.1, 0.15) is 5.01 Å². The molecule has 8 heteroatoms. The molecule has 0 fully saturated rings. The molecule has 0 amide bonds. The van der Waals surface area contributed by atoms with E-state index in [2.05, 4.69) is 28.5 Å². The maximum Gasteiger partial charge on any atom is 0.296 e. The van der Waals surface area contributed by atoms with Gasteiger partial charge in [-0.1, -0.05) is 54.6 Å². The zero-order chi connectivity index (χ0) is 23.2. The summed E-state index contributed by atoms with van der Waals surface area (Å²) in [5.41, 5.74) is 4.31. The van der Waals surface area contributed by atoms with Gasteiger partial charge in [0.05, 0.1) is 23.8 Å². The molecule has 0 unspecified atom stereocenters. The number of nitro groups is 1. The van der Waals surface area contributed by atoms with E-state index in [1.54, 1.807) is 6.07 Å². The van der Waals surface area contributed by atoms with Crippen molar-refractivity contribution in [1.82, 2.24) is 4.98 Å². The van der Waals surface area contributed by atoms with E-state index in [9.17, 15) is 15.4 Å². The van der Waals surface area contributed by atoms with E-state index in [1.807, 2.05) is 47.8 Å². The molecular formula is C25H18N4O3S. The normalized spacial score (nSPS) is 11.0. The summed E-state index contributed by atoms with van der Waals surface area (Å²) in [6, 6.07) is 24.7. The van der Waals surface area contributed by atoms with Crippen LogP contribution in [0, 0.1) is 21.4 Å². The minimum Gasteiger partial charge on any atom is -0.496 e. The van der Waals surface area contributed by atoms with Gasteiger partial charge in [-0.2, -0.15) is 5.26 Å². The molecule has 0 saturated carbocycles. The second-order valence-corrected chi connectivity index (χ2v) is 7.79. The first-order valence-electron chi connectivity index (χ1n) is 9.90. The summed E-state index contributed by atoms with van der Waals surface area (Å²) < 4.78 is 5.05. The molecule has 3 aromatic carbocycles. The Hall–Kier alpha value is -4.48. The van der Waals surface area contributed by atoms with E-state index in [0.717, 1.165) is 22.4 Å². The second-order valence-electron chi connectivity index (χ2n) is 6.94. The predicted octanol–water partition coefficient (Wildman–Crippen LogP) is 6.37. The summed E-state index contributed by atoms with van der Waals surface area (Å²) >= 11 is 1.33. The van der Waals surface area contributed by atoms with Crippen LogP contribution < -0.4 is 10.1 Å². The lowest BCUT2D eigenvalue weighted by molar-refractivity contribution is -0.384. The number of ether oxygens (including phenoxy) is 1. The number of thiazole rings is 1. The van der Waals surface area contributed by atoms with Crippen LogP contribution in [-0.2, 0) is 0 Å². The number of nitro benzene ring substituents is 1. The van der Waals surface area contributed by atoms with Crippen molar-refractivity contribution in [3.05, 3.63) is 99.5 Å². The van der Waals surface area contributed by atoms with Crippen LogP contribution in [0.15, 0.2) is 84.4 Å². The van der Waals surface area contributed by atoms with Gasteiger partial charge in [-0.05, 0) is 23.3 Å². The molecule has 0 atom stereocenters. The summed E-state index contributed by atoms with van der Waals surface area (Å²) in [5, 5.41) is 26.2. The fraction of sp³-hybridized carbons (Fsp3) is 0.0400. The summed E-state index contributed by atoms with van der Waals surface area (Å²) in [7, 11) is 1.44. The van der Waals surface area contributed by atoms with Crippen molar-refractivity contribution in [2.45, 2.75) is 0 Å². The van der Waals surface area contributed by atoms with Crippen molar-refractivity contribution in [2.24, 2.45) is 0 Å². The van der Waals surface area contributed by atoms with E-state index in [0.29, 0.717) is 10.8 Å². The molecule has 33 heavy (non-hydrogen) atoms. The fourth-order valence-corrected chi connectivity index (χ4v) is 3.99. The summed E-state index contributed by atoms with van der Waals surface area (Å²) in [5.74, 6) is 0.375. The standard InChI is InChI=1S/C25H18N4O3S/c1-32-21-11-12-22(24(13-21)29(30)31)27-15-20(14-26)25-28-23(16-33-25)19-9-7-18(8-10-19)17-5-3-2-4-6-17/h2-13,15-16,27H,1H3/b20-15+. The van der Waals surface area contributed by atoms with Crippen LogP contribution in [0.25, 0.3) is 28.0 Å². The Balaban J connectivity index is 1.55. The molecule has 0 spiro atoms. The minimum atomic E-state index is -0.509. The Morgan fingerprint density at radius 1 is 1.09 bits per heavy atom. The SMILES string of the molecule is COc1ccc(N/C=C(\C#N)c2nc(-c3ccc(-c4ccccc4)cc3)cs2)c([N+](=O)[O-])c1. The molecule has 7 nitrogen and oxygen atoms in total. The Bertz CT molecular complexity index is 1360. The molecule has 1 aromatic heterocycles. The highest BCUT2D eigenvalue weighted by Crippen LogP contribution is 2.31. The predicted molar refractivity (Wildman–Crippen MR) is 130 cm³/mol. The first kappa shape index (κ1) is 21.7. The molecule has 0 radical (unpaired) electrons. The monoisotopic (exact) mass is 454 g/mol. The molecule has 4 aromatic rings. The van der Waals surface area contributed by atoms with Crippen molar-refractivity contribution in [1.29, 1.82) is 5.26 Å². The fourth-order valence-electron chi connectivity index (χ4n) is 3.20. The van der Waals surface area contributed by atoms with Gasteiger partial charge < -0.3 is 10.1 Å². The molecule has 4 rings (SSSR count). The Kier molecular flexibility index (Phi) is 6.43. The summed E-state index contributed by atoms with van der Waals surface area (Å²) in [6.07, 6.45) is 1.43. The first-order chi connectivity index (χ1) is 16.1. The number of allylic oxidation sites excluding steroid dienone is 1. The molecule has 1 N–H and O–H groups in total. The largest absolute Gasteiger partial charge is 0.496 e. The van der Waals surface area contributed by atoms with E-state index < -0.39 is 4.92 Å². The Labute approximate surface area is 194 Å². The van der Waals surface area contributed by atoms with Crippen molar-refractivity contribution < 1.29 is 9.66 Å². The third-order valence-electron chi connectivity index (χ3n) is 4.92. The van der Waals surface area contributed by atoms with Crippen molar-refractivity contribution in [3.8, 4) is 34.2 Å². The number of nitriles is 1. The van der Waals surface area contributed by atoms with Crippen LogP contribution in [0.2, 0.25) is 0 Å². The van der Waals surface area contributed by atoms with Crippen LogP contribution >= 0.6 is 11.3 Å². The highest BCUT2D eigenvalue weighted by molar-refractivity contribution is 7.11. The van der Waals surface area contributed by atoms with E-state index in [-0.39, 0.29) is 16.9 Å². The molecule has 0 aliphatic heterocycles. The Morgan fingerprint density at radius 3 is 2.45 bits per heavy atom. The number of methoxy groups -OCH3 is 1. The Morgan fingerprint density at radius 2 is 1.79 bits per heavy atom. The van der Waals surface area contributed by atoms with Crippen LogP contribution in [0.5, 0.6) is 5.75 Å². The number of nitrogens with one attached hydrogen (secondary N) is 1. The molecule has 0 aliphatic carbocycles. The number of hydrogen-bond acceptors (Lipinski definition) is 7. The lowest BCUT2D eigenvalue weighted by Crippen LogP contribution is -1.98. The first-order valence-corrected chi connectivity index (χ1v) is 10.8. The highest BCUT2D eigenvalue weighted by atomic mass is 32.1. The van der Waals surface area contributed by atoms with E-state index >= 15 is 0 Å². The van der Waals surface area contributed by atoms with Gasteiger partial charge in [0.1, 0.15) is 28.1 Å². The van der Waals surface area contributed by atoms with Crippen molar-refractivity contribution in [3.63, 3.8) is 0 Å². The maximum absolute atomic E-state index is 11.4. The van der Waals surface area contributed by atoms with Crippen molar-refractivity contribution in [2.75, 3.05) is 12.4 Å². The van der Waals surface area contributed by atoms with Gasteiger partial charge in [-0.15, -0.1) is 11.3 Å². The average Bonchev–Trinajstić information content (AvgIpc) is 3.35. The van der Waals surface area contributed by atoms with Gasteiger partial charge in [0, 0.05) is 17.1 Å². The van der Waals surface area contributed by atoms with Crippen LogP contribution in [-0.4, -0.2) is 17.0 Å². The minimum absolute atomic E-state index is 0.152. The van der Waals surface area contributed by atoms with Gasteiger partial charge in [0.2, 0.25) is 0 Å². The smallest absolute Gasteiger partial charge is 0.296 e. The molecule has 0 bridgehead atoms. The molecule has 0 saturated heterocycles. The third-order valence-corrected chi connectivity index (χ3v) is 5.79. The molecule has 0 aliphatic rings. The second kappa shape index (κ2) is 9.77. The summed E-state index contributed by atoms with van der Waals surface area (Å²) in [4.78, 5) is 15.4. The van der Waals surface area contributed by atoms with Crippen LogP contribution in [0.3, 0.4) is 0 Å². The number of aromatic nitrogens is 1. The van der Waals surface area contributed by atoms with E-state index in [4.69, 9.17) is 4.74 Å². The molecular weight excluding hydrogens is 436 g/mol. The van der Waals surface area contributed by atoms with Crippen LogP contribution in [0.4, 0.5) is 11.4 Å². The number of hydrogen-bond donors (Lipinski definition) is 1.